The van der Waals surface area contributed by atoms with Crippen LogP contribution in [-0.2, 0) is 4.74 Å². The fourth-order valence-corrected chi connectivity index (χ4v) is 1.58. The number of hydrogen-bond acceptors (Lipinski definition) is 2. The number of hydrogen-bond donors (Lipinski definition) is 1. The van der Waals surface area contributed by atoms with Crippen LogP contribution in [0, 0.1) is 0 Å². The molecular formula is C9H17F2NO. The van der Waals surface area contributed by atoms with E-state index < -0.39 is 12.5 Å². The maximum atomic E-state index is 12.0. The van der Waals surface area contributed by atoms with Crippen LogP contribution in [0.15, 0.2) is 0 Å². The van der Waals surface area contributed by atoms with Crippen molar-refractivity contribution < 1.29 is 13.5 Å². The molecule has 13 heavy (non-hydrogen) atoms. The van der Waals surface area contributed by atoms with Crippen LogP contribution in [0.3, 0.4) is 0 Å². The first-order valence-corrected chi connectivity index (χ1v) is 4.85. The second-order valence-electron chi connectivity index (χ2n) is 3.56. The molecule has 1 saturated heterocycles. The lowest BCUT2D eigenvalue weighted by Crippen LogP contribution is -2.28. The van der Waals surface area contributed by atoms with E-state index in [0.29, 0.717) is 12.5 Å². The standard InChI is InChI=1S/C9H17F2NO/c10-9(11)8(12)5-1-3-7-4-2-6-13-7/h7-9H,1-6,12H2. The molecule has 0 aromatic rings. The van der Waals surface area contributed by atoms with E-state index in [1.807, 2.05) is 0 Å². The summed E-state index contributed by atoms with van der Waals surface area (Å²) >= 11 is 0. The molecule has 2 nitrogen and oxygen atoms in total. The number of ether oxygens (including phenoxy) is 1. The van der Waals surface area contributed by atoms with Crippen molar-refractivity contribution in [1.82, 2.24) is 0 Å². The fourth-order valence-electron chi connectivity index (χ4n) is 1.58. The third-order valence-corrected chi connectivity index (χ3v) is 2.41. The summed E-state index contributed by atoms with van der Waals surface area (Å²) in [6.07, 6.45) is 2.11. The number of alkyl halides is 2. The summed E-state index contributed by atoms with van der Waals surface area (Å²) in [6, 6.07) is -0.957. The summed E-state index contributed by atoms with van der Waals surface area (Å²) in [7, 11) is 0. The van der Waals surface area contributed by atoms with Crippen molar-refractivity contribution >= 4 is 0 Å². The van der Waals surface area contributed by atoms with Crippen LogP contribution in [0.2, 0.25) is 0 Å². The maximum Gasteiger partial charge on any atom is 0.253 e. The van der Waals surface area contributed by atoms with E-state index in [-0.39, 0.29) is 0 Å². The van der Waals surface area contributed by atoms with Crippen LogP contribution >= 0.6 is 0 Å². The summed E-state index contributed by atoms with van der Waals surface area (Å²) in [5.41, 5.74) is 5.21. The molecule has 1 rings (SSSR count). The van der Waals surface area contributed by atoms with E-state index >= 15 is 0 Å². The molecule has 1 aliphatic rings. The summed E-state index contributed by atoms with van der Waals surface area (Å²) < 4.78 is 29.3. The molecule has 0 aromatic carbocycles. The lowest BCUT2D eigenvalue weighted by molar-refractivity contribution is 0.0904. The van der Waals surface area contributed by atoms with Gasteiger partial charge in [0, 0.05) is 6.61 Å². The zero-order chi connectivity index (χ0) is 9.68. The first-order valence-electron chi connectivity index (χ1n) is 4.85. The molecule has 0 aliphatic carbocycles. The van der Waals surface area contributed by atoms with Crippen molar-refractivity contribution in [3.63, 3.8) is 0 Å². The van der Waals surface area contributed by atoms with Gasteiger partial charge in [0.2, 0.25) is 0 Å². The van der Waals surface area contributed by atoms with Gasteiger partial charge in [-0.3, -0.25) is 0 Å². The molecule has 1 fully saturated rings. The van der Waals surface area contributed by atoms with Crippen LogP contribution in [0.4, 0.5) is 8.78 Å². The molecule has 0 radical (unpaired) electrons. The van der Waals surface area contributed by atoms with Crippen molar-refractivity contribution in [3.8, 4) is 0 Å². The molecule has 0 bridgehead atoms. The molecule has 1 heterocycles. The molecule has 0 spiro atoms. The summed E-state index contributed by atoms with van der Waals surface area (Å²) in [6.45, 7) is 0.825. The lowest BCUT2D eigenvalue weighted by Gasteiger charge is -2.12. The average Bonchev–Trinajstić information content (AvgIpc) is 2.56. The minimum Gasteiger partial charge on any atom is -0.378 e. The third-order valence-electron chi connectivity index (χ3n) is 2.41. The van der Waals surface area contributed by atoms with Gasteiger partial charge in [-0.25, -0.2) is 8.78 Å². The van der Waals surface area contributed by atoms with Gasteiger partial charge in [-0.15, -0.1) is 0 Å². The van der Waals surface area contributed by atoms with Crippen molar-refractivity contribution in [2.45, 2.75) is 50.7 Å². The number of rotatable bonds is 5. The van der Waals surface area contributed by atoms with Crippen molar-refractivity contribution in [3.05, 3.63) is 0 Å². The molecule has 0 aromatic heterocycles. The molecule has 0 saturated carbocycles. The van der Waals surface area contributed by atoms with E-state index in [0.717, 1.165) is 32.3 Å². The Morgan fingerprint density at radius 1 is 1.46 bits per heavy atom. The minimum absolute atomic E-state index is 0.296. The quantitative estimate of drug-likeness (QED) is 0.724. The Labute approximate surface area is 77.4 Å². The Morgan fingerprint density at radius 2 is 2.23 bits per heavy atom. The van der Waals surface area contributed by atoms with Gasteiger partial charge in [0.1, 0.15) is 0 Å². The molecule has 2 atom stereocenters. The molecule has 78 valence electrons. The first kappa shape index (κ1) is 10.9. The summed E-state index contributed by atoms with van der Waals surface area (Å²) in [5, 5.41) is 0. The van der Waals surface area contributed by atoms with Crippen LogP contribution < -0.4 is 5.73 Å². The minimum atomic E-state index is -2.38. The highest BCUT2D eigenvalue weighted by Crippen LogP contribution is 2.18. The smallest absolute Gasteiger partial charge is 0.253 e. The first-order chi connectivity index (χ1) is 6.20. The van der Waals surface area contributed by atoms with Crippen molar-refractivity contribution in [2.75, 3.05) is 6.61 Å². The Balaban J connectivity index is 1.99. The van der Waals surface area contributed by atoms with Gasteiger partial charge < -0.3 is 10.5 Å². The second kappa shape index (κ2) is 5.50. The Bertz CT molecular complexity index is 136. The Kier molecular flexibility index (Phi) is 4.59. The zero-order valence-corrected chi connectivity index (χ0v) is 7.72. The average molecular weight is 193 g/mol. The Morgan fingerprint density at radius 3 is 2.77 bits per heavy atom. The predicted octanol–water partition coefficient (Wildman–Crippen LogP) is 1.93. The number of halogens is 2. The van der Waals surface area contributed by atoms with Gasteiger partial charge in [0.25, 0.3) is 6.43 Å². The normalized spacial score (nSPS) is 25.4. The van der Waals surface area contributed by atoms with Crippen LogP contribution in [0.25, 0.3) is 0 Å². The molecule has 2 N–H and O–H groups in total. The van der Waals surface area contributed by atoms with Gasteiger partial charge in [0.05, 0.1) is 12.1 Å². The van der Waals surface area contributed by atoms with Gasteiger partial charge in [-0.2, -0.15) is 0 Å². The van der Waals surface area contributed by atoms with E-state index in [1.54, 1.807) is 0 Å². The zero-order valence-electron chi connectivity index (χ0n) is 7.72. The Hall–Kier alpha value is -0.220. The van der Waals surface area contributed by atoms with E-state index in [1.165, 1.54) is 0 Å². The lowest BCUT2D eigenvalue weighted by atomic mass is 10.1. The molecule has 4 heteroatoms. The SMILES string of the molecule is NC(CCCC1CCCO1)C(F)F. The van der Waals surface area contributed by atoms with E-state index in [2.05, 4.69) is 0 Å². The molecule has 0 amide bonds. The van der Waals surface area contributed by atoms with Crippen molar-refractivity contribution in [2.24, 2.45) is 5.73 Å². The molecule has 1 aliphatic heterocycles. The van der Waals surface area contributed by atoms with Crippen LogP contribution in [0.1, 0.15) is 32.1 Å². The largest absolute Gasteiger partial charge is 0.378 e. The molecule has 2 unspecified atom stereocenters. The van der Waals surface area contributed by atoms with Gasteiger partial charge in [0.15, 0.2) is 0 Å². The summed E-state index contributed by atoms with van der Waals surface area (Å²) in [5.74, 6) is 0. The van der Waals surface area contributed by atoms with E-state index in [4.69, 9.17) is 10.5 Å². The highest BCUT2D eigenvalue weighted by Gasteiger charge is 2.18. The third kappa shape index (κ3) is 4.00. The van der Waals surface area contributed by atoms with Gasteiger partial charge in [-0.05, 0) is 32.1 Å². The van der Waals surface area contributed by atoms with Crippen LogP contribution in [0.5, 0.6) is 0 Å². The van der Waals surface area contributed by atoms with E-state index in [9.17, 15) is 8.78 Å². The maximum absolute atomic E-state index is 12.0. The summed E-state index contributed by atoms with van der Waals surface area (Å²) in [4.78, 5) is 0. The highest BCUT2D eigenvalue weighted by atomic mass is 19.3. The van der Waals surface area contributed by atoms with Gasteiger partial charge in [-0.1, -0.05) is 0 Å². The van der Waals surface area contributed by atoms with Crippen LogP contribution in [-0.4, -0.2) is 25.2 Å². The van der Waals surface area contributed by atoms with Crippen molar-refractivity contribution in [1.29, 1.82) is 0 Å². The van der Waals surface area contributed by atoms with Gasteiger partial charge >= 0.3 is 0 Å². The topological polar surface area (TPSA) is 35.2 Å². The highest BCUT2D eigenvalue weighted by molar-refractivity contribution is 4.68. The fraction of sp³-hybridized carbons (Fsp3) is 1.00. The monoisotopic (exact) mass is 193 g/mol. The molecular weight excluding hydrogens is 176 g/mol. The predicted molar refractivity (Wildman–Crippen MR) is 46.8 cm³/mol. The number of nitrogens with two attached hydrogens (primary N) is 1. The second-order valence-corrected chi connectivity index (χ2v) is 3.56.